The van der Waals surface area contributed by atoms with Gasteiger partial charge in [0.15, 0.2) is 0 Å². The zero-order chi connectivity index (χ0) is 13.1. The summed E-state index contributed by atoms with van der Waals surface area (Å²) in [6.07, 6.45) is 1.63. The highest BCUT2D eigenvalue weighted by Gasteiger charge is 2.28. The van der Waals surface area contributed by atoms with Crippen LogP contribution in [-0.4, -0.2) is 46.3 Å². The van der Waals surface area contributed by atoms with E-state index < -0.39 is 5.97 Å². The van der Waals surface area contributed by atoms with Crippen molar-refractivity contribution in [1.82, 2.24) is 4.90 Å². The molecule has 0 unspecified atom stereocenters. The summed E-state index contributed by atoms with van der Waals surface area (Å²) < 4.78 is 0. The predicted molar refractivity (Wildman–Crippen MR) is 67.1 cm³/mol. The number of aliphatic hydroxyl groups is 1. The van der Waals surface area contributed by atoms with Crippen molar-refractivity contribution in [3.63, 3.8) is 0 Å². The summed E-state index contributed by atoms with van der Waals surface area (Å²) in [6.45, 7) is 0.522. The van der Waals surface area contributed by atoms with E-state index in [4.69, 9.17) is 10.2 Å². The molecule has 1 saturated heterocycles. The van der Waals surface area contributed by atoms with Gasteiger partial charge < -0.3 is 15.1 Å². The normalized spacial score (nSPS) is 18.9. The van der Waals surface area contributed by atoms with Crippen LogP contribution in [0.1, 0.15) is 23.2 Å². The first-order valence-corrected chi connectivity index (χ1v) is 6.50. The number of nitrogens with zero attached hydrogens (tertiary/aromatic N) is 1. The van der Waals surface area contributed by atoms with Crippen molar-refractivity contribution in [3.8, 4) is 0 Å². The Bertz CT molecular complexity index is 460. The molecule has 1 aliphatic rings. The van der Waals surface area contributed by atoms with Gasteiger partial charge in [-0.1, -0.05) is 0 Å². The second-order valence-electron chi connectivity index (χ2n) is 4.07. The summed E-state index contributed by atoms with van der Waals surface area (Å²) >= 11 is 1.17. The summed E-state index contributed by atoms with van der Waals surface area (Å²) in [5.74, 6) is -1.06. The van der Waals surface area contributed by atoms with Gasteiger partial charge >= 0.3 is 12.0 Å². The van der Waals surface area contributed by atoms with E-state index in [9.17, 15) is 9.59 Å². The minimum absolute atomic E-state index is 0.0658. The number of carboxylic acid groups (broad SMARTS) is 1. The third-order valence-electron chi connectivity index (χ3n) is 2.96. The van der Waals surface area contributed by atoms with Crippen LogP contribution < -0.4 is 5.32 Å². The summed E-state index contributed by atoms with van der Waals surface area (Å²) in [5, 5.41) is 22.6. The van der Waals surface area contributed by atoms with Gasteiger partial charge in [0.25, 0.3) is 0 Å². The van der Waals surface area contributed by atoms with E-state index in [1.165, 1.54) is 17.4 Å². The van der Waals surface area contributed by atoms with Crippen molar-refractivity contribution in [2.24, 2.45) is 0 Å². The Morgan fingerprint density at radius 1 is 1.56 bits per heavy atom. The van der Waals surface area contributed by atoms with Crippen LogP contribution in [0.3, 0.4) is 0 Å². The van der Waals surface area contributed by atoms with E-state index in [0.29, 0.717) is 11.5 Å². The van der Waals surface area contributed by atoms with Gasteiger partial charge in [-0.3, -0.25) is 5.32 Å². The minimum Gasteiger partial charge on any atom is -0.478 e. The molecule has 1 atom stereocenters. The third-order valence-corrected chi connectivity index (χ3v) is 3.79. The lowest BCUT2D eigenvalue weighted by atomic mass is 10.2. The molecule has 1 fully saturated rings. The molecule has 1 aliphatic heterocycles. The Kier molecular flexibility index (Phi) is 3.83. The number of aliphatic hydroxyl groups excluding tert-OH is 1. The molecule has 0 bridgehead atoms. The fourth-order valence-corrected chi connectivity index (χ4v) is 2.81. The quantitative estimate of drug-likeness (QED) is 0.775. The first kappa shape index (κ1) is 12.8. The fourth-order valence-electron chi connectivity index (χ4n) is 2.04. The number of anilines is 1. The monoisotopic (exact) mass is 270 g/mol. The zero-order valence-corrected chi connectivity index (χ0v) is 10.4. The highest BCUT2D eigenvalue weighted by atomic mass is 32.1. The van der Waals surface area contributed by atoms with E-state index in [0.717, 1.165) is 12.8 Å². The van der Waals surface area contributed by atoms with Crippen LogP contribution in [0.15, 0.2) is 11.4 Å². The summed E-state index contributed by atoms with van der Waals surface area (Å²) in [7, 11) is 0. The molecular formula is C11H14N2O4S. The number of carboxylic acids is 1. The molecule has 0 radical (unpaired) electrons. The van der Waals surface area contributed by atoms with Crippen LogP contribution >= 0.6 is 11.3 Å². The summed E-state index contributed by atoms with van der Waals surface area (Å²) in [6, 6.07) is 0.936. The minimum atomic E-state index is -1.06. The lowest BCUT2D eigenvalue weighted by Crippen LogP contribution is -2.40. The maximum Gasteiger partial charge on any atom is 0.338 e. The lowest BCUT2D eigenvalue weighted by Gasteiger charge is -2.23. The second kappa shape index (κ2) is 5.36. The number of carbonyl (C=O) groups excluding carboxylic acids is 1. The van der Waals surface area contributed by atoms with Gasteiger partial charge in [0, 0.05) is 6.54 Å². The molecule has 0 aromatic carbocycles. The number of nitrogens with one attached hydrogen (secondary N) is 1. The van der Waals surface area contributed by atoms with Crippen molar-refractivity contribution < 1.29 is 19.8 Å². The number of thiophene rings is 1. The third kappa shape index (κ3) is 2.46. The van der Waals surface area contributed by atoms with Crippen molar-refractivity contribution >= 4 is 28.3 Å². The molecule has 0 saturated carbocycles. The number of carbonyl (C=O) groups is 2. The van der Waals surface area contributed by atoms with Gasteiger partial charge in [-0.25, -0.2) is 9.59 Å². The summed E-state index contributed by atoms with van der Waals surface area (Å²) in [5.41, 5.74) is 0.0908. The molecule has 2 heterocycles. The molecule has 1 aromatic rings. The standard InChI is InChI=1S/C11H14N2O4S/c14-6-7-2-1-4-13(7)11(17)12-9-8(10(15)16)3-5-18-9/h3,5,7,14H,1-2,4,6H2,(H,12,17)(H,15,16)/t7-/m1/s1. The molecule has 7 heteroatoms. The molecule has 2 rings (SSSR count). The van der Waals surface area contributed by atoms with Gasteiger partial charge in [0.05, 0.1) is 18.2 Å². The zero-order valence-electron chi connectivity index (χ0n) is 9.63. The van der Waals surface area contributed by atoms with E-state index in [-0.39, 0.29) is 24.2 Å². The maximum absolute atomic E-state index is 12.0. The Hall–Kier alpha value is -1.60. The number of urea groups is 1. The molecule has 0 spiro atoms. The number of likely N-dealkylation sites (tertiary alicyclic amines) is 1. The van der Waals surface area contributed by atoms with Crippen LogP contribution in [0.4, 0.5) is 9.80 Å². The highest BCUT2D eigenvalue weighted by molar-refractivity contribution is 7.14. The lowest BCUT2D eigenvalue weighted by molar-refractivity contribution is 0.0698. The molecule has 1 aromatic heterocycles. The summed E-state index contributed by atoms with van der Waals surface area (Å²) in [4.78, 5) is 24.4. The largest absolute Gasteiger partial charge is 0.478 e. The average molecular weight is 270 g/mol. The molecular weight excluding hydrogens is 256 g/mol. The van der Waals surface area contributed by atoms with Gasteiger partial charge in [-0.05, 0) is 24.3 Å². The number of hydrogen-bond acceptors (Lipinski definition) is 4. The smallest absolute Gasteiger partial charge is 0.338 e. The van der Waals surface area contributed by atoms with Crippen molar-refractivity contribution in [2.45, 2.75) is 18.9 Å². The van der Waals surface area contributed by atoms with Crippen LogP contribution in [-0.2, 0) is 0 Å². The Morgan fingerprint density at radius 3 is 3.00 bits per heavy atom. The molecule has 98 valence electrons. The van der Waals surface area contributed by atoms with Gasteiger partial charge in [0.2, 0.25) is 0 Å². The van der Waals surface area contributed by atoms with Crippen LogP contribution in [0.5, 0.6) is 0 Å². The molecule has 6 nitrogen and oxygen atoms in total. The SMILES string of the molecule is O=C(O)c1ccsc1NC(=O)N1CCC[C@@H]1CO. The molecule has 3 N–H and O–H groups in total. The van der Waals surface area contributed by atoms with Crippen LogP contribution in [0.25, 0.3) is 0 Å². The average Bonchev–Trinajstić information content (AvgIpc) is 2.96. The number of rotatable bonds is 3. The van der Waals surface area contributed by atoms with Crippen molar-refractivity contribution in [3.05, 3.63) is 17.0 Å². The number of hydrogen-bond donors (Lipinski definition) is 3. The maximum atomic E-state index is 12.0. The van der Waals surface area contributed by atoms with Crippen molar-refractivity contribution in [2.75, 3.05) is 18.5 Å². The highest BCUT2D eigenvalue weighted by Crippen LogP contribution is 2.25. The molecule has 0 aliphatic carbocycles. The van der Waals surface area contributed by atoms with Crippen molar-refractivity contribution in [1.29, 1.82) is 0 Å². The van der Waals surface area contributed by atoms with Crippen LogP contribution in [0, 0.1) is 0 Å². The van der Waals surface area contributed by atoms with E-state index in [1.54, 1.807) is 10.3 Å². The topological polar surface area (TPSA) is 89.9 Å². The second-order valence-corrected chi connectivity index (χ2v) is 4.99. The van der Waals surface area contributed by atoms with Gasteiger partial charge in [-0.15, -0.1) is 11.3 Å². The first-order valence-electron chi connectivity index (χ1n) is 5.62. The molecule has 2 amide bonds. The van der Waals surface area contributed by atoms with Gasteiger partial charge in [-0.2, -0.15) is 0 Å². The molecule has 18 heavy (non-hydrogen) atoms. The van der Waals surface area contributed by atoms with E-state index in [1.807, 2.05) is 0 Å². The van der Waals surface area contributed by atoms with Gasteiger partial charge in [0.1, 0.15) is 5.00 Å². The van der Waals surface area contributed by atoms with E-state index in [2.05, 4.69) is 5.32 Å². The Labute approximate surface area is 108 Å². The Morgan fingerprint density at radius 2 is 2.33 bits per heavy atom. The number of aromatic carboxylic acids is 1. The Balaban J connectivity index is 2.07. The van der Waals surface area contributed by atoms with E-state index >= 15 is 0 Å². The fraction of sp³-hybridized carbons (Fsp3) is 0.455. The predicted octanol–water partition coefficient (Wildman–Crippen LogP) is 1.43. The van der Waals surface area contributed by atoms with Crippen LogP contribution in [0.2, 0.25) is 0 Å². The number of amides is 2. The first-order chi connectivity index (χ1) is 8.63.